The van der Waals surface area contributed by atoms with Crippen molar-refractivity contribution in [3.63, 3.8) is 0 Å². The first-order chi connectivity index (χ1) is 8.40. The maximum atomic E-state index is 4.73. The van der Waals surface area contributed by atoms with Gasteiger partial charge in [-0.1, -0.05) is 19.3 Å². The van der Waals surface area contributed by atoms with Gasteiger partial charge in [0.2, 0.25) is 0 Å². The summed E-state index contributed by atoms with van der Waals surface area (Å²) in [5.74, 6) is 1.71. The van der Waals surface area contributed by atoms with Crippen LogP contribution in [0, 0.1) is 0 Å². The molecule has 17 heavy (non-hydrogen) atoms. The molecule has 0 radical (unpaired) electrons. The lowest BCUT2D eigenvalue weighted by Gasteiger charge is -2.21. The zero-order valence-electron chi connectivity index (χ0n) is 10.8. The fourth-order valence-electron chi connectivity index (χ4n) is 2.58. The van der Waals surface area contributed by atoms with Gasteiger partial charge in [0.05, 0.1) is 0 Å². The Balaban J connectivity index is 1.95. The van der Waals surface area contributed by atoms with Crippen LogP contribution < -0.4 is 5.32 Å². The number of aryl methyl sites for hydroxylation is 1. The van der Waals surface area contributed by atoms with E-state index in [9.17, 15) is 0 Å². The van der Waals surface area contributed by atoms with Crippen LogP contribution in [-0.4, -0.2) is 23.6 Å². The summed E-state index contributed by atoms with van der Waals surface area (Å²) in [5, 5.41) is 3.16. The van der Waals surface area contributed by atoms with Crippen LogP contribution in [0.15, 0.2) is 12.3 Å². The highest BCUT2D eigenvalue weighted by atomic mass is 14.9. The van der Waals surface area contributed by atoms with Crippen molar-refractivity contribution in [1.29, 1.82) is 0 Å². The second-order valence-corrected chi connectivity index (χ2v) is 4.94. The topological polar surface area (TPSA) is 37.8 Å². The zero-order valence-corrected chi connectivity index (χ0v) is 10.8. The van der Waals surface area contributed by atoms with Crippen molar-refractivity contribution in [3.8, 4) is 0 Å². The van der Waals surface area contributed by atoms with Crippen molar-refractivity contribution in [3.05, 3.63) is 23.8 Å². The number of hydrogen-bond donors (Lipinski definition) is 1. The minimum absolute atomic E-state index is 0.690. The molecular weight excluding hydrogens is 210 g/mol. The van der Waals surface area contributed by atoms with Gasteiger partial charge < -0.3 is 5.32 Å². The van der Waals surface area contributed by atoms with Crippen molar-refractivity contribution in [1.82, 2.24) is 15.3 Å². The highest BCUT2D eigenvalue weighted by Crippen LogP contribution is 2.31. The zero-order chi connectivity index (χ0) is 11.9. The van der Waals surface area contributed by atoms with E-state index in [1.807, 2.05) is 13.2 Å². The quantitative estimate of drug-likeness (QED) is 0.795. The lowest BCUT2D eigenvalue weighted by atomic mass is 9.87. The van der Waals surface area contributed by atoms with E-state index < -0.39 is 0 Å². The standard InChI is InChI=1S/C14H23N3/c1-15-10-5-8-14-16-11-9-13(17-14)12-6-3-2-4-7-12/h9,11-12,15H,2-8,10H2,1H3. The summed E-state index contributed by atoms with van der Waals surface area (Å²) in [5.41, 5.74) is 1.28. The monoisotopic (exact) mass is 233 g/mol. The third kappa shape index (κ3) is 3.77. The molecule has 1 aromatic heterocycles. The third-order valence-electron chi connectivity index (χ3n) is 3.58. The van der Waals surface area contributed by atoms with Crippen molar-refractivity contribution >= 4 is 0 Å². The van der Waals surface area contributed by atoms with Crippen LogP contribution in [0.4, 0.5) is 0 Å². The van der Waals surface area contributed by atoms with Gasteiger partial charge in [-0.25, -0.2) is 9.97 Å². The summed E-state index contributed by atoms with van der Waals surface area (Å²) in [6, 6.07) is 2.11. The van der Waals surface area contributed by atoms with Crippen LogP contribution in [-0.2, 0) is 6.42 Å². The van der Waals surface area contributed by atoms with E-state index in [4.69, 9.17) is 4.98 Å². The Labute approximate surface area is 104 Å². The van der Waals surface area contributed by atoms with Gasteiger partial charge in [0, 0.05) is 24.2 Å². The fraction of sp³-hybridized carbons (Fsp3) is 0.714. The predicted octanol–water partition coefficient (Wildman–Crippen LogP) is 2.68. The molecule has 0 unspecified atom stereocenters. The Morgan fingerprint density at radius 3 is 2.88 bits per heavy atom. The van der Waals surface area contributed by atoms with E-state index in [1.54, 1.807) is 0 Å². The molecule has 1 heterocycles. The second-order valence-electron chi connectivity index (χ2n) is 4.94. The van der Waals surface area contributed by atoms with E-state index in [1.165, 1.54) is 37.8 Å². The molecule has 1 fully saturated rings. The minimum Gasteiger partial charge on any atom is -0.320 e. The van der Waals surface area contributed by atoms with Crippen LogP contribution in [0.25, 0.3) is 0 Å². The number of nitrogens with zero attached hydrogens (tertiary/aromatic N) is 2. The molecule has 3 heteroatoms. The molecule has 0 aliphatic heterocycles. The van der Waals surface area contributed by atoms with Crippen LogP contribution >= 0.6 is 0 Å². The third-order valence-corrected chi connectivity index (χ3v) is 3.58. The summed E-state index contributed by atoms with van der Waals surface area (Å²) < 4.78 is 0. The van der Waals surface area contributed by atoms with Gasteiger partial charge in [-0.3, -0.25) is 0 Å². The van der Waals surface area contributed by atoms with Crippen LogP contribution in [0.2, 0.25) is 0 Å². The first-order valence-electron chi connectivity index (χ1n) is 6.86. The van der Waals surface area contributed by atoms with Gasteiger partial charge in [-0.2, -0.15) is 0 Å². The Morgan fingerprint density at radius 1 is 1.29 bits per heavy atom. The molecule has 1 aliphatic carbocycles. The maximum Gasteiger partial charge on any atom is 0.128 e. The minimum atomic E-state index is 0.690. The molecule has 1 aliphatic rings. The van der Waals surface area contributed by atoms with Gasteiger partial charge in [0.1, 0.15) is 5.82 Å². The SMILES string of the molecule is CNCCCc1nccc(C2CCCCC2)n1. The molecule has 94 valence electrons. The average Bonchev–Trinajstić information content (AvgIpc) is 2.41. The maximum absolute atomic E-state index is 4.73. The number of nitrogens with one attached hydrogen (secondary N) is 1. The molecule has 1 aromatic rings. The molecule has 0 bridgehead atoms. The first kappa shape index (κ1) is 12.5. The molecule has 1 saturated carbocycles. The van der Waals surface area contributed by atoms with Gasteiger partial charge in [-0.05, 0) is 38.9 Å². The lowest BCUT2D eigenvalue weighted by molar-refractivity contribution is 0.435. The van der Waals surface area contributed by atoms with Crippen molar-refractivity contribution in [2.24, 2.45) is 0 Å². The Bertz CT molecular complexity index is 332. The van der Waals surface area contributed by atoms with Crippen LogP contribution in [0.5, 0.6) is 0 Å². The smallest absolute Gasteiger partial charge is 0.128 e. The average molecular weight is 233 g/mol. The summed E-state index contributed by atoms with van der Waals surface area (Å²) >= 11 is 0. The Morgan fingerprint density at radius 2 is 2.12 bits per heavy atom. The van der Waals surface area contributed by atoms with Crippen LogP contribution in [0.1, 0.15) is 56.0 Å². The van der Waals surface area contributed by atoms with E-state index in [-0.39, 0.29) is 0 Å². The fourth-order valence-corrected chi connectivity index (χ4v) is 2.58. The molecule has 0 aromatic carbocycles. The molecule has 0 atom stereocenters. The van der Waals surface area contributed by atoms with E-state index >= 15 is 0 Å². The van der Waals surface area contributed by atoms with Gasteiger partial charge in [-0.15, -0.1) is 0 Å². The molecular formula is C14H23N3. The van der Waals surface area contributed by atoms with E-state index in [2.05, 4.69) is 16.4 Å². The number of rotatable bonds is 5. The van der Waals surface area contributed by atoms with Crippen molar-refractivity contribution in [2.45, 2.75) is 50.9 Å². The number of aromatic nitrogens is 2. The predicted molar refractivity (Wildman–Crippen MR) is 70.1 cm³/mol. The van der Waals surface area contributed by atoms with Crippen molar-refractivity contribution in [2.75, 3.05) is 13.6 Å². The van der Waals surface area contributed by atoms with Gasteiger partial charge >= 0.3 is 0 Å². The highest BCUT2D eigenvalue weighted by Gasteiger charge is 2.16. The molecule has 3 nitrogen and oxygen atoms in total. The van der Waals surface area contributed by atoms with Crippen molar-refractivity contribution < 1.29 is 0 Å². The van der Waals surface area contributed by atoms with E-state index in [0.29, 0.717) is 5.92 Å². The summed E-state index contributed by atoms with van der Waals surface area (Å²) in [6.07, 6.45) is 10.8. The molecule has 0 spiro atoms. The second kappa shape index (κ2) is 6.70. The largest absolute Gasteiger partial charge is 0.320 e. The first-order valence-corrected chi connectivity index (χ1v) is 6.86. The van der Waals surface area contributed by atoms with Gasteiger partial charge in [0.25, 0.3) is 0 Å². The summed E-state index contributed by atoms with van der Waals surface area (Å²) in [6.45, 7) is 1.04. The molecule has 0 amide bonds. The summed E-state index contributed by atoms with van der Waals surface area (Å²) in [4.78, 5) is 9.10. The molecule has 1 N–H and O–H groups in total. The number of hydrogen-bond acceptors (Lipinski definition) is 3. The van der Waals surface area contributed by atoms with E-state index in [0.717, 1.165) is 25.2 Å². The molecule has 0 saturated heterocycles. The molecule has 2 rings (SSSR count). The summed E-state index contributed by atoms with van der Waals surface area (Å²) in [7, 11) is 1.99. The Hall–Kier alpha value is -0.960. The Kier molecular flexibility index (Phi) is 4.92. The lowest BCUT2D eigenvalue weighted by Crippen LogP contribution is -2.11. The highest BCUT2D eigenvalue weighted by molar-refractivity contribution is 5.09. The van der Waals surface area contributed by atoms with Gasteiger partial charge in [0.15, 0.2) is 0 Å². The van der Waals surface area contributed by atoms with Crippen LogP contribution in [0.3, 0.4) is 0 Å². The normalized spacial score (nSPS) is 17.2.